The van der Waals surface area contributed by atoms with Gasteiger partial charge in [-0.3, -0.25) is 4.68 Å². The first-order valence-electron chi connectivity index (χ1n) is 8.04. The summed E-state index contributed by atoms with van der Waals surface area (Å²) in [6.45, 7) is 11.8. The molecule has 1 heterocycles. The maximum absolute atomic E-state index is 5.77. The Hall–Kier alpha value is -1.81. The third kappa shape index (κ3) is 4.88. The summed E-state index contributed by atoms with van der Waals surface area (Å²) >= 11 is 0. The molecule has 2 rings (SSSR count). The fourth-order valence-corrected chi connectivity index (χ4v) is 2.24. The van der Waals surface area contributed by atoms with Gasteiger partial charge in [0, 0.05) is 31.4 Å². The van der Waals surface area contributed by atoms with Gasteiger partial charge in [0.2, 0.25) is 0 Å². The molecule has 22 heavy (non-hydrogen) atoms. The Kier molecular flexibility index (Phi) is 6.01. The van der Waals surface area contributed by atoms with Crippen molar-refractivity contribution < 1.29 is 4.74 Å². The number of hydrogen-bond acceptors (Lipinski definition) is 3. The van der Waals surface area contributed by atoms with E-state index < -0.39 is 0 Å². The van der Waals surface area contributed by atoms with Crippen LogP contribution in [0.15, 0.2) is 30.5 Å². The Labute approximate surface area is 133 Å². The number of benzene rings is 1. The first-order chi connectivity index (χ1) is 10.6. The zero-order valence-corrected chi connectivity index (χ0v) is 14.1. The van der Waals surface area contributed by atoms with Crippen LogP contribution in [0, 0.1) is 12.8 Å². The molecular formula is C18H27N3O. The molecule has 120 valence electrons. The Morgan fingerprint density at radius 2 is 2.09 bits per heavy atom. The Balaban J connectivity index is 1.86. The number of aromatic nitrogens is 2. The molecule has 0 saturated carbocycles. The van der Waals surface area contributed by atoms with Gasteiger partial charge in [-0.2, -0.15) is 5.10 Å². The largest absolute Gasteiger partial charge is 0.493 e. The predicted molar refractivity (Wildman–Crippen MR) is 90.0 cm³/mol. The van der Waals surface area contributed by atoms with Gasteiger partial charge in [0.25, 0.3) is 0 Å². The zero-order valence-electron chi connectivity index (χ0n) is 14.1. The molecule has 2 aromatic rings. The molecule has 0 atom stereocenters. The lowest BCUT2D eigenvalue weighted by molar-refractivity contribution is 0.271. The summed E-state index contributed by atoms with van der Waals surface area (Å²) in [5.41, 5.74) is 3.60. The van der Waals surface area contributed by atoms with E-state index in [-0.39, 0.29) is 0 Å². The van der Waals surface area contributed by atoms with Crippen LogP contribution >= 0.6 is 0 Å². The second-order valence-corrected chi connectivity index (χ2v) is 6.05. The third-order valence-electron chi connectivity index (χ3n) is 3.50. The minimum absolute atomic E-state index is 0.542. The quantitative estimate of drug-likeness (QED) is 0.810. The van der Waals surface area contributed by atoms with Crippen LogP contribution in [0.4, 0.5) is 0 Å². The van der Waals surface area contributed by atoms with Crippen LogP contribution in [-0.2, 0) is 19.6 Å². The standard InChI is InChI=1S/C18H27N3O/c1-5-21-12-17(15(4)20-21)11-19-10-16-7-6-8-18(9-16)22-13-14(2)3/h6-9,12,14,19H,5,10-11,13H2,1-4H3. The molecule has 0 saturated heterocycles. The molecule has 0 spiro atoms. The van der Waals surface area contributed by atoms with Gasteiger partial charge >= 0.3 is 0 Å². The van der Waals surface area contributed by atoms with Gasteiger partial charge in [-0.05, 0) is 37.5 Å². The van der Waals surface area contributed by atoms with E-state index in [1.54, 1.807) is 0 Å². The highest BCUT2D eigenvalue weighted by atomic mass is 16.5. The predicted octanol–water partition coefficient (Wildman–Crippen LogP) is 3.54. The maximum Gasteiger partial charge on any atom is 0.119 e. The summed E-state index contributed by atoms with van der Waals surface area (Å²) in [5, 5.41) is 7.95. The number of aryl methyl sites for hydroxylation is 2. The molecule has 0 unspecified atom stereocenters. The molecule has 0 aliphatic carbocycles. The lowest BCUT2D eigenvalue weighted by atomic mass is 10.2. The smallest absolute Gasteiger partial charge is 0.119 e. The molecule has 0 amide bonds. The molecule has 1 N–H and O–H groups in total. The van der Waals surface area contributed by atoms with Crippen molar-refractivity contribution in [3.63, 3.8) is 0 Å². The topological polar surface area (TPSA) is 39.1 Å². The van der Waals surface area contributed by atoms with Crippen molar-refractivity contribution in [2.45, 2.75) is 47.3 Å². The van der Waals surface area contributed by atoms with Crippen molar-refractivity contribution in [2.75, 3.05) is 6.61 Å². The molecule has 1 aromatic heterocycles. The third-order valence-corrected chi connectivity index (χ3v) is 3.50. The molecule has 0 bridgehead atoms. The van der Waals surface area contributed by atoms with E-state index in [9.17, 15) is 0 Å². The van der Waals surface area contributed by atoms with E-state index in [0.29, 0.717) is 5.92 Å². The van der Waals surface area contributed by atoms with Crippen LogP contribution in [0.2, 0.25) is 0 Å². The molecule has 0 radical (unpaired) electrons. The molecule has 1 aromatic carbocycles. The van der Waals surface area contributed by atoms with Crippen LogP contribution in [0.25, 0.3) is 0 Å². The lowest BCUT2D eigenvalue weighted by Gasteiger charge is -2.10. The summed E-state index contributed by atoms with van der Waals surface area (Å²) in [7, 11) is 0. The number of rotatable bonds is 8. The zero-order chi connectivity index (χ0) is 15.9. The van der Waals surface area contributed by atoms with Gasteiger partial charge < -0.3 is 10.1 Å². The van der Waals surface area contributed by atoms with Gasteiger partial charge in [0.15, 0.2) is 0 Å². The van der Waals surface area contributed by atoms with Crippen LogP contribution in [-0.4, -0.2) is 16.4 Å². The first kappa shape index (κ1) is 16.6. The summed E-state index contributed by atoms with van der Waals surface area (Å²) in [4.78, 5) is 0. The number of nitrogens with one attached hydrogen (secondary N) is 1. The van der Waals surface area contributed by atoms with E-state index in [2.05, 4.69) is 56.4 Å². The summed E-state index contributed by atoms with van der Waals surface area (Å²) in [6, 6.07) is 8.30. The lowest BCUT2D eigenvalue weighted by Crippen LogP contribution is -2.13. The summed E-state index contributed by atoms with van der Waals surface area (Å²) in [6.07, 6.45) is 2.12. The minimum Gasteiger partial charge on any atom is -0.493 e. The van der Waals surface area contributed by atoms with Gasteiger partial charge in [0.05, 0.1) is 12.3 Å². The molecule has 0 aliphatic rings. The average molecular weight is 301 g/mol. The highest BCUT2D eigenvalue weighted by molar-refractivity contribution is 5.28. The van der Waals surface area contributed by atoms with Gasteiger partial charge in [-0.25, -0.2) is 0 Å². The van der Waals surface area contributed by atoms with Crippen LogP contribution in [0.5, 0.6) is 5.75 Å². The van der Waals surface area contributed by atoms with Crippen LogP contribution in [0.3, 0.4) is 0 Å². The number of ether oxygens (including phenoxy) is 1. The van der Waals surface area contributed by atoms with Crippen LogP contribution < -0.4 is 10.1 Å². The van der Waals surface area contributed by atoms with Crippen molar-refractivity contribution in [3.05, 3.63) is 47.3 Å². The van der Waals surface area contributed by atoms with Crippen molar-refractivity contribution in [1.82, 2.24) is 15.1 Å². The fraction of sp³-hybridized carbons (Fsp3) is 0.500. The van der Waals surface area contributed by atoms with Gasteiger partial charge in [0.1, 0.15) is 5.75 Å². The van der Waals surface area contributed by atoms with Crippen molar-refractivity contribution in [2.24, 2.45) is 5.92 Å². The van der Waals surface area contributed by atoms with Gasteiger partial charge in [-0.15, -0.1) is 0 Å². The van der Waals surface area contributed by atoms with Crippen molar-refractivity contribution in [1.29, 1.82) is 0 Å². The second-order valence-electron chi connectivity index (χ2n) is 6.05. The first-order valence-corrected chi connectivity index (χ1v) is 8.04. The maximum atomic E-state index is 5.77. The van der Waals surface area contributed by atoms with E-state index >= 15 is 0 Å². The Bertz CT molecular complexity index is 590. The summed E-state index contributed by atoms with van der Waals surface area (Å²) in [5.74, 6) is 1.49. The van der Waals surface area contributed by atoms with Crippen LogP contribution in [0.1, 0.15) is 37.6 Å². The summed E-state index contributed by atoms with van der Waals surface area (Å²) < 4.78 is 7.75. The Morgan fingerprint density at radius 3 is 2.77 bits per heavy atom. The second kappa shape index (κ2) is 7.99. The van der Waals surface area contributed by atoms with Crippen molar-refractivity contribution >= 4 is 0 Å². The van der Waals surface area contributed by atoms with E-state index in [1.807, 2.05) is 16.8 Å². The fourth-order valence-electron chi connectivity index (χ4n) is 2.24. The van der Waals surface area contributed by atoms with Gasteiger partial charge in [-0.1, -0.05) is 26.0 Å². The molecule has 4 heteroatoms. The molecule has 0 aliphatic heterocycles. The molecule has 0 fully saturated rings. The van der Waals surface area contributed by atoms with E-state index in [4.69, 9.17) is 4.74 Å². The highest BCUT2D eigenvalue weighted by Crippen LogP contribution is 2.14. The monoisotopic (exact) mass is 301 g/mol. The number of nitrogens with zero attached hydrogens (tertiary/aromatic N) is 2. The number of hydrogen-bond donors (Lipinski definition) is 1. The SMILES string of the molecule is CCn1cc(CNCc2cccc(OCC(C)C)c2)c(C)n1. The highest BCUT2D eigenvalue weighted by Gasteiger charge is 2.04. The van der Waals surface area contributed by atoms with Crippen molar-refractivity contribution in [3.8, 4) is 5.75 Å². The minimum atomic E-state index is 0.542. The molecule has 4 nitrogen and oxygen atoms in total. The van der Waals surface area contributed by atoms with E-state index in [0.717, 1.165) is 37.7 Å². The van der Waals surface area contributed by atoms with E-state index in [1.165, 1.54) is 11.1 Å². The average Bonchev–Trinajstić information content (AvgIpc) is 2.86. The Morgan fingerprint density at radius 1 is 1.27 bits per heavy atom. The molecular weight excluding hydrogens is 274 g/mol. The normalized spacial score (nSPS) is 11.1.